The molecule has 0 radical (unpaired) electrons. The number of para-hydroxylation sites is 2. The van der Waals surface area contributed by atoms with Crippen LogP contribution in [-0.4, -0.2) is 95.6 Å². The minimum atomic E-state index is -0.214. The molecule has 3 N–H and O–H groups in total. The second-order valence-corrected chi connectivity index (χ2v) is 11.0. The maximum atomic E-state index is 13.5. The number of hydrogen-bond donors (Lipinski definition) is 3. The van der Waals surface area contributed by atoms with E-state index in [4.69, 9.17) is 9.47 Å². The maximum absolute atomic E-state index is 13.5. The molecule has 5 rings (SSSR count). The van der Waals surface area contributed by atoms with E-state index in [2.05, 4.69) is 36.7 Å². The van der Waals surface area contributed by atoms with Gasteiger partial charge in [0, 0.05) is 69.8 Å². The fraction of sp³-hybridized carbons (Fsp3) is 0.548. The molecule has 2 aromatic rings. The quantitative estimate of drug-likeness (QED) is 0.429. The van der Waals surface area contributed by atoms with Crippen molar-refractivity contribution >= 4 is 29.0 Å². The molecule has 3 aliphatic rings. The van der Waals surface area contributed by atoms with E-state index in [0.717, 1.165) is 102 Å². The zero-order chi connectivity index (χ0) is 28.4. The Kier molecular flexibility index (Phi) is 10.2. The molecular weight excluding hydrogens is 520 g/mol. The van der Waals surface area contributed by atoms with Crippen LogP contribution >= 0.6 is 0 Å². The molecule has 0 unspecified atom stereocenters. The number of nitrogens with one attached hydrogen (secondary N) is 3. The van der Waals surface area contributed by atoms with Gasteiger partial charge in [0.15, 0.2) is 0 Å². The number of ether oxygens (including phenoxy) is 2. The monoisotopic (exact) mass is 564 g/mol. The summed E-state index contributed by atoms with van der Waals surface area (Å²) < 4.78 is 11.0. The van der Waals surface area contributed by atoms with Crippen molar-refractivity contribution in [3.05, 3.63) is 48.0 Å². The van der Waals surface area contributed by atoms with Crippen molar-refractivity contribution in [3.8, 4) is 5.75 Å². The number of rotatable bonds is 9. The molecule has 3 amide bonds. The fourth-order valence-electron chi connectivity index (χ4n) is 6.00. The first-order valence-electron chi connectivity index (χ1n) is 15.0. The Morgan fingerprint density at radius 3 is 2.34 bits per heavy atom. The predicted octanol–water partition coefficient (Wildman–Crippen LogP) is 3.54. The summed E-state index contributed by atoms with van der Waals surface area (Å²) >= 11 is 0. The molecule has 0 spiro atoms. The number of morpholine rings is 1. The van der Waals surface area contributed by atoms with Gasteiger partial charge in [0.25, 0.3) is 5.91 Å². The summed E-state index contributed by atoms with van der Waals surface area (Å²) in [5.41, 5.74) is 3.16. The lowest BCUT2D eigenvalue weighted by Crippen LogP contribution is -2.47. The molecule has 10 heteroatoms. The van der Waals surface area contributed by atoms with Crippen LogP contribution < -0.4 is 30.5 Å². The molecule has 2 heterocycles. The van der Waals surface area contributed by atoms with E-state index in [-0.39, 0.29) is 18.0 Å². The molecule has 10 nitrogen and oxygen atoms in total. The van der Waals surface area contributed by atoms with E-state index in [1.54, 1.807) is 7.11 Å². The lowest BCUT2D eigenvalue weighted by atomic mass is 9.96. The lowest BCUT2D eigenvalue weighted by Gasteiger charge is -2.38. The van der Waals surface area contributed by atoms with Crippen LogP contribution in [0.25, 0.3) is 0 Å². The van der Waals surface area contributed by atoms with Crippen molar-refractivity contribution in [3.63, 3.8) is 0 Å². The minimum absolute atomic E-state index is 0.128. The molecule has 3 fully saturated rings. The summed E-state index contributed by atoms with van der Waals surface area (Å²) in [6.45, 7) is 7.71. The molecule has 2 saturated heterocycles. The van der Waals surface area contributed by atoms with Crippen LogP contribution in [0.5, 0.6) is 5.75 Å². The smallest absolute Gasteiger partial charge is 0.319 e. The van der Waals surface area contributed by atoms with Crippen LogP contribution in [-0.2, 0) is 4.74 Å². The molecule has 222 valence electrons. The zero-order valence-corrected chi connectivity index (χ0v) is 24.2. The van der Waals surface area contributed by atoms with Crippen LogP contribution in [0.4, 0.5) is 21.9 Å². The van der Waals surface area contributed by atoms with Gasteiger partial charge in [0.05, 0.1) is 31.6 Å². The van der Waals surface area contributed by atoms with Gasteiger partial charge in [-0.25, -0.2) is 4.79 Å². The third kappa shape index (κ3) is 7.83. The first-order valence-corrected chi connectivity index (χ1v) is 15.0. The zero-order valence-electron chi connectivity index (χ0n) is 24.2. The number of urea groups is 1. The highest BCUT2D eigenvalue weighted by molar-refractivity contribution is 6.02. The van der Waals surface area contributed by atoms with Crippen LogP contribution in [0.3, 0.4) is 0 Å². The largest absolute Gasteiger partial charge is 0.495 e. The Balaban J connectivity index is 1.27. The number of carbonyl (C=O) groups excluding carboxylic acids is 2. The van der Waals surface area contributed by atoms with E-state index in [1.807, 2.05) is 36.4 Å². The number of nitrogens with zero attached hydrogens (tertiary/aromatic N) is 3. The Morgan fingerprint density at radius 1 is 0.902 bits per heavy atom. The molecule has 2 aliphatic heterocycles. The molecule has 1 saturated carbocycles. The SMILES string of the molecule is COc1ccccc1N1CCN(c2ccc(NC(=O)NC3CCCCC3)cc2C(=O)NCCN2CCOCC2)CC1. The minimum Gasteiger partial charge on any atom is -0.495 e. The van der Waals surface area contributed by atoms with Gasteiger partial charge in [-0.1, -0.05) is 31.4 Å². The molecule has 2 aromatic carbocycles. The molecule has 0 aromatic heterocycles. The van der Waals surface area contributed by atoms with Gasteiger partial charge in [0.2, 0.25) is 0 Å². The van der Waals surface area contributed by atoms with E-state index >= 15 is 0 Å². The standard InChI is InChI=1S/C31H44N6O4/c1-40-29-10-6-5-9-28(29)37-17-15-36(16-18-37)27-12-11-25(34-31(39)33-24-7-3-2-4-8-24)23-26(27)30(38)32-13-14-35-19-21-41-22-20-35/h5-6,9-12,23-24H,2-4,7-8,13-22H2,1H3,(H,32,38)(H2,33,34,39). The average Bonchev–Trinajstić information content (AvgIpc) is 3.02. The molecular formula is C31H44N6O4. The summed E-state index contributed by atoms with van der Waals surface area (Å²) in [5, 5.41) is 9.19. The van der Waals surface area contributed by atoms with E-state index in [9.17, 15) is 9.59 Å². The third-order valence-corrected chi connectivity index (χ3v) is 8.30. The van der Waals surface area contributed by atoms with Crippen LogP contribution in [0, 0.1) is 0 Å². The average molecular weight is 565 g/mol. The number of carbonyl (C=O) groups is 2. The van der Waals surface area contributed by atoms with Crippen molar-refractivity contribution in [2.24, 2.45) is 0 Å². The van der Waals surface area contributed by atoms with Gasteiger partial charge in [-0.05, 0) is 43.2 Å². The van der Waals surface area contributed by atoms with Crippen LogP contribution in [0.15, 0.2) is 42.5 Å². The second-order valence-electron chi connectivity index (χ2n) is 11.0. The molecule has 0 atom stereocenters. The number of methoxy groups -OCH3 is 1. The Labute approximate surface area is 243 Å². The first kappa shape index (κ1) is 29.0. The van der Waals surface area contributed by atoms with Crippen molar-refractivity contribution < 1.29 is 19.1 Å². The second kappa shape index (κ2) is 14.4. The number of benzene rings is 2. The van der Waals surface area contributed by atoms with Crippen LogP contribution in [0.2, 0.25) is 0 Å². The summed E-state index contributed by atoms with van der Waals surface area (Å²) in [5.74, 6) is 0.736. The highest BCUT2D eigenvalue weighted by atomic mass is 16.5. The van der Waals surface area contributed by atoms with Crippen molar-refractivity contribution in [1.82, 2.24) is 15.5 Å². The summed E-state index contributed by atoms with van der Waals surface area (Å²) in [6, 6.07) is 13.7. The fourth-order valence-corrected chi connectivity index (χ4v) is 6.00. The van der Waals surface area contributed by atoms with Gasteiger partial charge in [-0.15, -0.1) is 0 Å². The maximum Gasteiger partial charge on any atom is 0.319 e. The Bertz CT molecular complexity index is 1160. The molecule has 41 heavy (non-hydrogen) atoms. The topological polar surface area (TPSA) is 98.4 Å². The number of hydrogen-bond acceptors (Lipinski definition) is 7. The summed E-state index contributed by atoms with van der Waals surface area (Å²) in [6.07, 6.45) is 5.57. The van der Waals surface area contributed by atoms with E-state index in [1.165, 1.54) is 6.42 Å². The predicted molar refractivity (Wildman–Crippen MR) is 162 cm³/mol. The summed E-state index contributed by atoms with van der Waals surface area (Å²) in [7, 11) is 1.70. The lowest BCUT2D eigenvalue weighted by molar-refractivity contribution is 0.0383. The number of anilines is 3. The highest BCUT2D eigenvalue weighted by Gasteiger charge is 2.24. The van der Waals surface area contributed by atoms with Gasteiger partial charge in [-0.3, -0.25) is 9.69 Å². The van der Waals surface area contributed by atoms with Crippen molar-refractivity contribution in [1.29, 1.82) is 0 Å². The van der Waals surface area contributed by atoms with Crippen molar-refractivity contribution in [2.75, 3.05) is 87.8 Å². The summed E-state index contributed by atoms with van der Waals surface area (Å²) in [4.78, 5) is 33.2. The third-order valence-electron chi connectivity index (χ3n) is 8.30. The van der Waals surface area contributed by atoms with Gasteiger partial charge in [0.1, 0.15) is 5.75 Å². The van der Waals surface area contributed by atoms with E-state index < -0.39 is 0 Å². The number of amides is 3. The Morgan fingerprint density at radius 2 is 1.61 bits per heavy atom. The number of piperazine rings is 1. The van der Waals surface area contributed by atoms with Gasteiger partial charge < -0.3 is 35.2 Å². The van der Waals surface area contributed by atoms with Crippen LogP contribution in [0.1, 0.15) is 42.5 Å². The highest BCUT2D eigenvalue weighted by Crippen LogP contribution is 2.31. The molecule has 0 bridgehead atoms. The van der Waals surface area contributed by atoms with Crippen molar-refractivity contribution in [2.45, 2.75) is 38.1 Å². The Hall–Kier alpha value is -3.50. The first-order chi connectivity index (χ1) is 20.1. The van der Waals surface area contributed by atoms with Gasteiger partial charge in [-0.2, -0.15) is 0 Å². The van der Waals surface area contributed by atoms with E-state index in [0.29, 0.717) is 17.8 Å². The van der Waals surface area contributed by atoms with Gasteiger partial charge >= 0.3 is 6.03 Å². The molecule has 1 aliphatic carbocycles. The normalized spacial score (nSPS) is 18.6.